The zero-order chi connectivity index (χ0) is 11.5. The summed E-state index contributed by atoms with van der Waals surface area (Å²) in [5, 5.41) is 3.63. The summed E-state index contributed by atoms with van der Waals surface area (Å²) in [6.45, 7) is 8.05. The SMILES string of the molecule is Cc1ccc([P+](=O)NNC(C)(C)C)cc1. The molecule has 1 rings (SSSR count). The third-order valence-electron chi connectivity index (χ3n) is 1.80. The van der Waals surface area contributed by atoms with Gasteiger partial charge >= 0.3 is 7.95 Å². The lowest BCUT2D eigenvalue weighted by atomic mass is 10.1. The topological polar surface area (TPSA) is 41.1 Å². The van der Waals surface area contributed by atoms with Gasteiger partial charge in [0.15, 0.2) is 0 Å². The molecule has 0 aliphatic heterocycles. The second kappa shape index (κ2) is 4.84. The Balaban J connectivity index is 2.58. The molecule has 0 radical (unpaired) electrons. The fourth-order valence-electron chi connectivity index (χ4n) is 0.963. The molecule has 0 spiro atoms. The van der Waals surface area contributed by atoms with Crippen molar-refractivity contribution in [3.05, 3.63) is 29.8 Å². The fourth-order valence-corrected chi connectivity index (χ4v) is 1.95. The number of hydrogen-bond donors (Lipinski definition) is 2. The van der Waals surface area contributed by atoms with Gasteiger partial charge in [-0.15, -0.1) is 0 Å². The minimum absolute atomic E-state index is 0.0876. The molecule has 1 aromatic rings. The quantitative estimate of drug-likeness (QED) is 0.612. The standard InChI is InChI=1S/C11H18N2OP/c1-9-5-7-10(8-6-9)15(14)13-12-11(2,3)4/h5-8,12H,1-4H3,(H,13,14)/q+1. The number of hydrazine groups is 1. The maximum atomic E-state index is 11.8. The van der Waals surface area contributed by atoms with Gasteiger partial charge in [-0.1, -0.05) is 17.7 Å². The van der Waals surface area contributed by atoms with Crippen LogP contribution in [0.2, 0.25) is 0 Å². The van der Waals surface area contributed by atoms with Gasteiger partial charge in [0, 0.05) is 5.54 Å². The highest BCUT2D eigenvalue weighted by atomic mass is 31.1. The maximum Gasteiger partial charge on any atom is 0.486 e. The Morgan fingerprint density at radius 2 is 1.67 bits per heavy atom. The van der Waals surface area contributed by atoms with Crippen LogP contribution < -0.4 is 15.9 Å². The van der Waals surface area contributed by atoms with Crippen molar-refractivity contribution in [1.82, 2.24) is 10.6 Å². The van der Waals surface area contributed by atoms with E-state index in [1.54, 1.807) is 0 Å². The lowest BCUT2D eigenvalue weighted by Gasteiger charge is -2.16. The van der Waals surface area contributed by atoms with Crippen molar-refractivity contribution in [1.29, 1.82) is 0 Å². The van der Waals surface area contributed by atoms with E-state index in [0.29, 0.717) is 0 Å². The summed E-state index contributed by atoms with van der Waals surface area (Å²) in [5.74, 6) is 0. The molecular formula is C11H18N2OP+. The van der Waals surface area contributed by atoms with E-state index in [1.807, 2.05) is 52.0 Å². The van der Waals surface area contributed by atoms with Crippen LogP contribution >= 0.6 is 7.95 Å². The van der Waals surface area contributed by atoms with Crippen molar-refractivity contribution >= 4 is 13.3 Å². The average Bonchev–Trinajstić information content (AvgIpc) is 2.14. The number of aryl methyl sites for hydroxylation is 1. The predicted octanol–water partition coefficient (Wildman–Crippen LogP) is 2.26. The van der Waals surface area contributed by atoms with Crippen molar-refractivity contribution < 1.29 is 4.57 Å². The fraction of sp³-hybridized carbons (Fsp3) is 0.455. The van der Waals surface area contributed by atoms with Crippen LogP contribution in [-0.4, -0.2) is 5.54 Å². The molecular weight excluding hydrogens is 207 g/mol. The largest absolute Gasteiger partial charge is 0.486 e. The molecule has 0 aromatic heterocycles. The van der Waals surface area contributed by atoms with Crippen molar-refractivity contribution in [2.75, 3.05) is 0 Å². The van der Waals surface area contributed by atoms with E-state index < -0.39 is 7.95 Å². The van der Waals surface area contributed by atoms with Gasteiger partial charge in [-0.05, 0) is 49.6 Å². The van der Waals surface area contributed by atoms with Gasteiger partial charge in [-0.25, -0.2) is 5.43 Å². The Hall–Kier alpha value is -0.760. The molecule has 0 aliphatic rings. The van der Waals surface area contributed by atoms with Crippen LogP contribution in [0.15, 0.2) is 24.3 Å². The summed E-state index contributed by atoms with van der Waals surface area (Å²) < 4.78 is 11.8. The van der Waals surface area contributed by atoms with Crippen LogP contribution in [0.3, 0.4) is 0 Å². The molecule has 0 heterocycles. The number of hydrogen-bond acceptors (Lipinski definition) is 2. The second-order valence-electron chi connectivity index (χ2n) is 4.62. The van der Waals surface area contributed by atoms with E-state index in [0.717, 1.165) is 5.30 Å². The van der Waals surface area contributed by atoms with Gasteiger partial charge in [-0.3, -0.25) is 0 Å². The third-order valence-corrected chi connectivity index (χ3v) is 2.88. The average molecular weight is 225 g/mol. The highest BCUT2D eigenvalue weighted by Crippen LogP contribution is 2.14. The first-order valence-corrected chi connectivity index (χ1v) is 6.21. The minimum atomic E-state index is -1.56. The molecule has 0 aliphatic carbocycles. The summed E-state index contributed by atoms with van der Waals surface area (Å²) >= 11 is 0. The summed E-state index contributed by atoms with van der Waals surface area (Å²) in [6, 6.07) is 7.68. The molecule has 3 nitrogen and oxygen atoms in total. The van der Waals surface area contributed by atoms with E-state index in [1.165, 1.54) is 5.56 Å². The van der Waals surface area contributed by atoms with Crippen molar-refractivity contribution in [2.24, 2.45) is 0 Å². The van der Waals surface area contributed by atoms with E-state index >= 15 is 0 Å². The Morgan fingerprint density at radius 3 is 2.13 bits per heavy atom. The van der Waals surface area contributed by atoms with Gasteiger partial charge in [0.25, 0.3) is 0 Å². The molecule has 0 saturated heterocycles. The summed E-state index contributed by atoms with van der Waals surface area (Å²) in [6.07, 6.45) is 0. The Kier molecular flexibility index (Phi) is 3.97. The van der Waals surface area contributed by atoms with Gasteiger partial charge < -0.3 is 0 Å². The summed E-state index contributed by atoms with van der Waals surface area (Å²) in [5.41, 5.74) is 4.09. The van der Waals surface area contributed by atoms with E-state index in [2.05, 4.69) is 10.6 Å². The Labute approximate surface area is 92.1 Å². The van der Waals surface area contributed by atoms with Crippen LogP contribution in [-0.2, 0) is 4.57 Å². The molecule has 0 amide bonds. The minimum Gasteiger partial charge on any atom is -0.212 e. The molecule has 0 fully saturated rings. The summed E-state index contributed by atoms with van der Waals surface area (Å²) in [7, 11) is -1.56. The highest BCUT2D eigenvalue weighted by molar-refractivity contribution is 7.51. The number of rotatable bonds is 3. The monoisotopic (exact) mass is 225 g/mol. The first kappa shape index (κ1) is 12.3. The maximum absolute atomic E-state index is 11.8. The predicted molar refractivity (Wildman–Crippen MR) is 64.4 cm³/mol. The van der Waals surface area contributed by atoms with Crippen LogP contribution in [0.5, 0.6) is 0 Å². The number of nitrogens with one attached hydrogen (secondary N) is 2. The smallest absolute Gasteiger partial charge is 0.212 e. The van der Waals surface area contributed by atoms with Crippen LogP contribution in [0.4, 0.5) is 0 Å². The van der Waals surface area contributed by atoms with E-state index in [4.69, 9.17) is 0 Å². The normalized spacial score (nSPS) is 12.7. The molecule has 4 heteroatoms. The van der Waals surface area contributed by atoms with E-state index in [-0.39, 0.29) is 5.54 Å². The molecule has 1 atom stereocenters. The Bertz CT molecular complexity index is 341. The highest BCUT2D eigenvalue weighted by Gasteiger charge is 2.22. The Morgan fingerprint density at radius 1 is 1.13 bits per heavy atom. The zero-order valence-electron chi connectivity index (χ0n) is 9.66. The lowest BCUT2D eigenvalue weighted by molar-refractivity contribution is 0.407. The van der Waals surface area contributed by atoms with Crippen molar-refractivity contribution in [3.63, 3.8) is 0 Å². The van der Waals surface area contributed by atoms with Gasteiger partial charge in [-0.2, -0.15) is 0 Å². The summed E-state index contributed by atoms with van der Waals surface area (Å²) in [4.78, 5) is 0. The molecule has 1 unspecified atom stereocenters. The second-order valence-corrected chi connectivity index (χ2v) is 5.95. The van der Waals surface area contributed by atoms with Gasteiger partial charge in [0.05, 0.1) is 0 Å². The van der Waals surface area contributed by atoms with Crippen LogP contribution in [0, 0.1) is 6.92 Å². The third kappa shape index (κ3) is 4.52. The van der Waals surface area contributed by atoms with Crippen LogP contribution in [0.25, 0.3) is 0 Å². The zero-order valence-corrected chi connectivity index (χ0v) is 10.6. The van der Waals surface area contributed by atoms with Crippen molar-refractivity contribution in [2.45, 2.75) is 33.2 Å². The van der Waals surface area contributed by atoms with Gasteiger partial charge in [0.1, 0.15) is 0 Å². The molecule has 15 heavy (non-hydrogen) atoms. The molecule has 0 bridgehead atoms. The molecule has 1 aromatic carbocycles. The first-order chi connectivity index (χ1) is 6.88. The number of benzene rings is 1. The van der Waals surface area contributed by atoms with E-state index in [9.17, 15) is 4.57 Å². The molecule has 2 N–H and O–H groups in total. The lowest BCUT2D eigenvalue weighted by Crippen LogP contribution is -2.43. The first-order valence-electron chi connectivity index (χ1n) is 4.95. The molecule has 82 valence electrons. The van der Waals surface area contributed by atoms with Gasteiger partial charge in [0.2, 0.25) is 5.30 Å². The van der Waals surface area contributed by atoms with Crippen molar-refractivity contribution in [3.8, 4) is 0 Å². The van der Waals surface area contributed by atoms with Crippen LogP contribution in [0.1, 0.15) is 26.3 Å². The molecule has 0 saturated carbocycles.